The molecule has 27 heavy (non-hydrogen) atoms. The van der Waals surface area contributed by atoms with E-state index in [1.807, 2.05) is 18.2 Å². The van der Waals surface area contributed by atoms with Crippen molar-refractivity contribution in [2.45, 2.75) is 5.92 Å². The molecule has 1 unspecified atom stereocenters. The van der Waals surface area contributed by atoms with Gasteiger partial charge in [-0.1, -0.05) is 23.7 Å². The standard InChI is InChI=1S/C18H9ClN4O3S/c19-15-10-6-5-9(23(25)26)7-14(10)27-17(15)16(24)11(8-20)18-21-12-3-1-2-4-13(12)22-18/h1-7,11H,(H,21,22). The zero-order valence-corrected chi connectivity index (χ0v) is 15.0. The highest BCUT2D eigenvalue weighted by molar-refractivity contribution is 7.21. The summed E-state index contributed by atoms with van der Waals surface area (Å²) >= 11 is 7.36. The van der Waals surface area contributed by atoms with Gasteiger partial charge in [0.15, 0.2) is 11.7 Å². The van der Waals surface area contributed by atoms with Crippen LogP contribution in [0.15, 0.2) is 42.5 Å². The number of aromatic amines is 1. The maximum Gasteiger partial charge on any atom is 0.270 e. The summed E-state index contributed by atoms with van der Waals surface area (Å²) < 4.78 is 0.513. The number of H-pyrrole nitrogens is 1. The summed E-state index contributed by atoms with van der Waals surface area (Å²) in [6, 6.07) is 13.4. The number of rotatable bonds is 4. The summed E-state index contributed by atoms with van der Waals surface area (Å²) in [7, 11) is 0. The first-order valence-electron chi connectivity index (χ1n) is 7.74. The van der Waals surface area contributed by atoms with E-state index in [1.54, 1.807) is 12.1 Å². The summed E-state index contributed by atoms with van der Waals surface area (Å²) in [5.74, 6) is -1.41. The lowest BCUT2D eigenvalue weighted by Crippen LogP contribution is -2.11. The molecule has 1 N–H and O–H groups in total. The number of carbonyl (C=O) groups is 1. The first-order chi connectivity index (χ1) is 13.0. The lowest BCUT2D eigenvalue weighted by Gasteiger charge is -2.03. The van der Waals surface area contributed by atoms with Crippen LogP contribution in [0.5, 0.6) is 0 Å². The van der Waals surface area contributed by atoms with E-state index in [2.05, 4.69) is 9.97 Å². The number of halogens is 1. The molecule has 9 heteroatoms. The molecule has 0 aliphatic carbocycles. The van der Waals surface area contributed by atoms with Crippen LogP contribution < -0.4 is 0 Å². The average molecular weight is 397 g/mol. The van der Waals surface area contributed by atoms with Gasteiger partial charge in [0.25, 0.3) is 5.69 Å². The second kappa shape index (κ2) is 6.46. The molecule has 2 heterocycles. The summed E-state index contributed by atoms with van der Waals surface area (Å²) in [6.45, 7) is 0. The van der Waals surface area contributed by atoms with E-state index in [0.717, 1.165) is 16.9 Å². The zero-order chi connectivity index (χ0) is 19.1. The Labute approximate surface area is 161 Å². The van der Waals surface area contributed by atoms with E-state index in [4.69, 9.17) is 11.6 Å². The number of thiophene rings is 1. The second-order valence-corrected chi connectivity index (χ2v) is 7.18. The van der Waals surface area contributed by atoms with Gasteiger partial charge < -0.3 is 4.98 Å². The number of nitrogens with zero attached hydrogens (tertiary/aromatic N) is 3. The van der Waals surface area contributed by atoms with Crippen molar-refractivity contribution in [3.8, 4) is 6.07 Å². The topological polar surface area (TPSA) is 113 Å². The van der Waals surface area contributed by atoms with Gasteiger partial charge in [0.2, 0.25) is 0 Å². The molecule has 0 saturated carbocycles. The summed E-state index contributed by atoms with van der Waals surface area (Å²) in [6.07, 6.45) is 0. The Morgan fingerprint density at radius 2 is 2.11 bits per heavy atom. The number of carbonyl (C=O) groups excluding carboxylic acids is 1. The molecule has 0 radical (unpaired) electrons. The predicted octanol–water partition coefficient (Wildman–Crippen LogP) is 4.83. The molecular formula is C18H9ClN4O3S. The van der Waals surface area contributed by atoms with Crippen LogP contribution in [0.2, 0.25) is 5.02 Å². The van der Waals surface area contributed by atoms with Gasteiger partial charge in [0, 0.05) is 22.2 Å². The summed E-state index contributed by atoms with van der Waals surface area (Å²) in [5, 5.41) is 21.2. The monoisotopic (exact) mass is 396 g/mol. The highest BCUT2D eigenvalue weighted by Crippen LogP contribution is 2.39. The van der Waals surface area contributed by atoms with Crippen molar-refractivity contribution in [3.63, 3.8) is 0 Å². The Hall–Kier alpha value is -3.28. The van der Waals surface area contributed by atoms with E-state index < -0.39 is 16.6 Å². The third kappa shape index (κ3) is 2.83. The van der Waals surface area contributed by atoms with Gasteiger partial charge in [-0.05, 0) is 18.2 Å². The number of benzene rings is 2. The van der Waals surface area contributed by atoms with Crippen molar-refractivity contribution in [1.29, 1.82) is 5.26 Å². The molecule has 4 aromatic rings. The molecular weight excluding hydrogens is 388 g/mol. The normalized spacial score (nSPS) is 12.1. The minimum atomic E-state index is -1.15. The number of hydrogen-bond acceptors (Lipinski definition) is 6. The maximum atomic E-state index is 13.0. The van der Waals surface area contributed by atoms with E-state index >= 15 is 0 Å². The van der Waals surface area contributed by atoms with Crippen molar-refractivity contribution in [2.24, 2.45) is 0 Å². The number of nitriles is 1. The SMILES string of the molecule is N#CC(C(=O)c1sc2cc([N+](=O)[O-])ccc2c1Cl)c1nc2ccccc2[nH]1. The number of para-hydroxylation sites is 2. The molecule has 0 bridgehead atoms. The molecule has 0 spiro atoms. The molecule has 0 saturated heterocycles. The lowest BCUT2D eigenvalue weighted by atomic mass is 10.0. The Balaban J connectivity index is 1.79. The van der Waals surface area contributed by atoms with Crippen molar-refractivity contribution < 1.29 is 9.72 Å². The van der Waals surface area contributed by atoms with Crippen LogP contribution >= 0.6 is 22.9 Å². The molecule has 0 fully saturated rings. The molecule has 132 valence electrons. The number of aromatic nitrogens is 2. The number of imidazole rings is 1. The van der Waals surface area contributed by atoms with Gasteiger partial charge in [-0.25, -0.2) is 4.98 Å². The molecule has 4 rings (SSSR count). The van der Waals surface area contributed by atoms with Gasteiger partial charge in [0.1, 0.15) is 5.82 Å². The largest absolute Gasteiger partial charge is 0.340 e. The summed E-state index contributed by atoms with van der Waals surface area (Å²) in [4.78, 5) is 30.9. The number of nitro groups is 1. The Morgan fingerprint density at radius 1 is 1.33 bits per heavy atom. The van der Waals surface area contributed by atoms with Crippen LogP contribution in [-0.4, -0.2) is 20.7 Å². The molecule has 1 atom stereocenters. The van der Waals surface area contributed by atoms with E-state index in [1.165, 1.54) is 18.2 Å². The van der Waals surface area contributed by atoms with Crippen LogP contribution in [0.25, 0.3) is 21.1 Å². The van der Waals surface area contributed by atoms with Crippen LogP contribution in [0.1, 0.15) is 21.4 Å². The second-order valence-electron chi connectivity index (χ2n) is 5.75. The van der Waals surface area contributed by atoms with Gasteiger partial charge in [-0.3, -0.25) is 14.9 Å². The van der Waals surface area contributed by atoms with E-state index in [9.17, 15) is 20.2 Å². The van der Waals surface area contributed by atoms with E-state index in [0.29, 0.717) is 15.6 Å². The quantitative estimate of drug-likeness (QED) is 0.301. The van der Waals surface area contributed by atoms with Crippen LogP contribution in [0, 0.1) is 21.4 Å². The summed E-state index contributed by atoms with van der Waals surface area (Å²) in [5.41, 5.74) is 1.28. The molecule has 0 aliphatic heterocycles. The van der Waals surface area contributed by atoms with Crippen molar-refractivity contribution >= 4 is 55.5 Å². The van der Waals surface area contributed by atoms with Gasteiger partial charge in [0.05, 0.1) is 31.9 Å². The van der Waals surface area contributed by atoms with E-state index in [-0.39, 0.29) is 21.4 Å². The van der Waals surface area contributed by atoms with Gasteiger partial charge >= 0.3 is 0 Å². The third-order valence-electron chi connectivity index (χ3n) is 4.12. The number of nitrogens with one attached hydrogen (secondary N) is 1. The van der Waals surface area contributed by atoms with Crippen molar-refractivity contribution in [2.75, 3.05) is 0 Å². The van der Waals surface area contributed by atoms with Crippen molar-refractivity contribution in [1.82, 2.24) is 9.97 Å². The Morgan fingerprint density at radius 3 is 2.81 bits per heavy atom. The third-order valence-corrected chi connectivity index (χ3v) is 5.79. The maximum absolute atomic E-state index is 13.0. The number of hydrogen-bond donors (Lipinski definition) is 1. The fourth-order valence-electron chi connectivity index (χ4n) is 2.81. The fourth-order valence-corrected chi connectivity index (χ4v) is 4.34. The van der Waals surface area contributed by atoms with Crippen LogP contribution in [0.3, 0.4) is 0 Å². The molecule has 7 nitrogen and oxygen atoms in total. The minimum Gasteiger partial charge on any atom is -0.340 e. The van der Waals surface area contributed by atoms with Gasteiger partial charge in [-0.2, -0.15) is 5.26 Å². The van der Waals surface area contributed by atoms with Crippen LogP contribution in [-0.2, 0) is 0 Å². The number of nitro benzene ring substituents is 1. The Kier molecular flexibility index (Phi) is 4.11. The molecule has 2 aromatic heterocycles. The molecule has 0 amide bonds. The highest BCUT2D eigenvalue weighted by atomic mass is 35.5. The number of ketones is 1. The molecule has 0 aliphatic rings. The first-order valence-corrected chi connectivity index (χ1v) is 8.94. The lowest BCUT2D eigenvalue weighted by molar-refractivity contribution is -0.384. The smallest absolute Gasteiger partial charge is 0.270 e. The number of Topliss-reactive ketones (excluding diaryl/α,β-unsaturated/α-hetero) is 1. The highest BCUT2D eigenvalue weighted by Gasteiger charge is 2.29. The first kappa shape index (κ1) is 17.1. The van der Waals surface area contributed by atoms with Crippen LogP contribution in [0.4, 0.5) is 5.69 Å². The van der Waals surface area contributed by atoms with Gasteiger partial charge in [-0.15, -0.1) is 11.3 Å². The minimum absolute atomic E-state index is 0.0893. The fraction of sp³-hybridized carbons (Fsp3) is 0.0556. The predicted molar refractivity (Wildman–Crippen MR) is 102 cm³/mol. The number of non-ortho nitro benzene ring substituents is 1. The average Bonchev–Trinajstić information content (AvgIpc) is 3.23. The van der Waals surface area contributed by atoms with Crippen molar-refractivity contribution in [3.05, 3.63) is 68.3 Å². The molecule has 2 aromatic carbocycles. The zero-order valence-electron chi connectivity index (χ0n) is 13.5. The Bertz CT molecular complexity index is 1240. The number of fused-ring (bicyclic) bond motifs is 2.